The summed E-state index contributed by atoms with van der Waals surface area (Å²) in [6, 6.07) is 4.53. The van der Waals surface area contributed by atoms with E-state index in [9.17, 15) is 4.39 Å². The summed E-state index contributed by atoms with van der Waals surface area (Å²) in [5.74, 6) is 0.281. The van der Waals surface area contributed by atoms with Crippen LogP contribution in [0.1, 0.15) is 18.9 Å². The Kier molecular flexibility index (Phi) is 3.89. The Hall–Kier alpha value is -0.800. The van der Waals surface area contributed by atoms with Gasteiger partial charge in [-0.3, -0.25) is 0 Å². The van der Waals surface area contributed by atoms with Crippen LogP contribution in [0.5, 0.6) is 5.75 Å². The van der Waals surface area contributed by atoms with Gasteiger partial charge in [-0.2, -0.15) is 0 Å². The van der Waals surface area contributed by atoms with Gasteiger partial charge in [0.25, 0.3) is 0 Å². The quantitative estimate of drug-likeness (QED) is 0.772. The Morgan fingerprint density at radius 3 is 2.88 bits per heavy atom. The number of hydrogen-bond acceptors (Lipinski definition) is 2. The monoisotopic (exact) mass is 258 g/mol. The average molecular weight is 259 g/mol. The topological polar surface area (TPSA) is 18.5 Å². The first-order valence-electron chi connectivity index (χ1n) is 5.80. The van der Waals surface area contributed by atoms with Crippen molar-refractivity contribution in [2.24, 2.45) is 0 Å². The van der Waals surface area contributed by atoms with Crippen LogP contribution < -0.4 is 4.74 Å². The van der Waals surface area contributed by atoms with Gasteiger partial charge >= 0.3 is 0 Å². The molecular formula is C13H16ClFO2. The van der Waals surface area contributed by atoms with Crippen LogP contribution in [0.25, 0.3) is 0 Å². The van der Waals surface area contributed by atoms with Gasteiger partial charge in [0.2, 0.25) is 0 Å². The van der Waals surface area contributed by atoms with Gasteiger partial charge in [0, 0.05) is 19.1 Å². The van der Waals surface area contributed by atoms with E-state index in [0.717, 1.165) is 12.0 Å². The SMILES string of the molecule is CCOC1C(Cl)CC1Oc1cc(F)ccc1C. The summed E-state index contributed by atoms with van der Waals surface area (Å²) in [7, 11) is 0. The van der Waals surface area contributed by atoms with Crippen LogP contribution in [0.3, 0.4) is 0 Å². The number of aryl methyl sites for hydroxylation is 1. The van der Waals surface area contributed by atoms with Gasteiger partial charge < -0.3 is 9.47 Å². The van der Waals surface area contributed by atoms with Crippen LogP contribution in [0.15, 0.2) is 18.2 Å². The first-order valence-corrected chi connectivity index (χ1v) is 6.24. The van der Waals surface area contributed by atoms with Crippen LogP contribution in [-0.2, 0) is 4.74 Å². The van der Waals surface area contributed by atoms with Crippen LogP contribution in [0.4, 0.5) is 4.39 Å². The highest BCUT2D eigenvalue weighted by molar-refractivity contribution is 6.21. The zero-order chi connectivity index (χ0) is 12.4. The van der Waals surface area contributed by atoms with Crippen molar-refractivity contribution < 1.29 is 13.9 Å². The molecular weight excluding hydrogens is 243 g/mol. The fraction of sp³-hybridized carbons (Fsp3) is 0.538. The molecule has 0 bridgehead atoms. The molecule has 0 radical (unpaired) electrons. The standard InChI is InChI=1S/C13H16ClFO2/c1-3-16-13-10(14)7-12(13)17-11-6-9(15)5-4-8(11)2/h4-6,10,12-13H,3,7H2,1-2H3. The number of hydrogen-bond donors (Lipinski definition) is 0. The Balaban J connectivity index is 2.03. The van der Waals surface area contributed by atoms with Gasteiger partial charge in [0.1, 0.15) is 23.8 Å². The van der Waals surface area contributed by atoms with E-state index in [2.05, 4.69) is 0 Å². The highest BCUT2D eigenvalue weighted by atomic mass is 35.5. The number of benzene rings is 1. The number of halogens is 2. The summed E-state index contributed by atoms with van der Waals surface area (Å²) < 4.78 is 24.3. The van der Waals surface area contributed by atoms with Crippen molar-refractivity contribution in [3.05, 3.63) is 29.6 Å². The summed E-state index contributed by atoms with van der Waals surface area (Å²) in [5.41, 5.74) is 0.916. The maximum absolute atomic E-state index is 13.1. The van der Waals surface area contributed by atoms with Crippen molar-refractivity contribution in [2.45, 2.75) is 37.9 Å². The van der Waals surface area contributed by atoms with Crippen molar-refractivity contribution >= 4 is 11.6 Å². The van der Waals surface area contributed by atoms with Gasteiger partial charge in [-0.1, -0.05) is 6.07 Å². The zero-order valence-electron chi connectivity index (χ0n) is 9.95. The first-order chi connectivity index (χ1) is 8.11. The molecule has 1 aromatic carbocycles. The van der Waals surface area contributed by atoms with Crippen LogP contribution in [-0.4, -0.2) is 24.2 Å². The molecule has 0 aromatic heterocycles. The second-order valence-corrected chi connectivity index (χ2v) is 4.80. The van der Waals surface area contributed by atoms with Gasteiger partial charge in [0.15, 0.2) is 0 Å². The molecule has 1 saturated carbocycles. The molecule has 3 atom stereocenters. The molecule has 2 nitrogen and oxygen atoms in total. The molecule has 1 aliphatic carbocycles. The molecule has 94 valence electrons. The van der Waals surface area contributed by atoms with Crippen molar-refractivity contribution in [3.8, 4) is 5.75 Å². The fourth-order valence-electron chi connectivity index (χ4n) is 1.91. The Morgan fingerprint density at radius 2 is 2.24 bits per heavy atom. The van der Waals surface area contributed by atoms with Gasteiger partial charge in [-0.15, -0.1) is 11.6 Å². The van der Waals surface area contributed by atoms with E-state index in [1.165, 1.54) is 12.1 Å². The third-order valence-electron chi connectivity index (χ3n) is 2.97. The van der Waals surface area contributed by atoms with Gasteiger partial charge in [0.05, 0.1) is 5.38 Å². The lowest BCUT2D eigenvalue weighted by Gasteiger charge is -2.40. The van der Waals surface area contributed by atoms with E-state index in [0.29, 0.717) is 12.4 Å². The highest BCUT2D eigenvalue weighted by Gasteiger charge is 2.42. The molecule has 0 amide bonds. The fourth-order valence-corrected chi connectivity index (χ4v) is 2.32. The predicted molar refractivity (Wildman–Crippen MR) is 65.2 cm³/mol. The normalized spacial score (nSPS) is 27.6. The van der Waals surface area contributed by atoms with Crippen LogP contribution in [0, 0.1) is 12.7 Å². The van der Waals surface area contributed by atoms with Crippen molar-refractivity contribution in [1.29, 1.82) is 0 Å². The number of rotatable bonds is 4. The summed E-state index contributed by atoms with van der Waals surface area (Å²) in [6.07, 6.45) is 0.574. The number of alkyl halides is 1. The summed E-state index contributed by atoms with van der Waals surface area (Å²) in [5, 5.41) is -0.00573. The lowest BCUT2D eigenvalue weighted by Crippen LogP contribution is -2.52. The molecule has 3 unspecified atom stereocenters. The molecule has 4 heteroatoms. The van der Waals surface area contributed by atoms with Gasteiger partial charge in [-0.25, -0.2) is 4.39 Å². The van der Waals surface area contributed by atoms with Crippen LogP contribution >= 0.6 is 11.6 Å². The summed E-state index contributed by atoms with van der Waals surface area (Å²) in [4.78, 5) is 0. The Labute approximate surface area is 106 Å². The predicted octanol–water partition coefficient (Wildman–Crippen LogP) is 3.30. The molecule has 0 heterocycles. The molecule has 17 heavy (non-hydrogen) atoms. The molecule has 0 aliphatic heterocycles. The summed E-state index contributed by atoms with van der Waals surface area (Å²) >= 11 is 6.05. The molecule has 2 rings (SSSR count). The zero-order valence-corrected chi connectivity index (χ0v) is 10.7. The second-order valence-electron chi connectivity index (χ2n) is 4.24. The minimum absolute atomic E-state index is 0.00573. The molecule has 0 N–H and O–H groups in total. The van der Waals surface area contributed by atoms with E-state index in [-0.39, 0.29) is 23.4 Å². The van der Waals surface area contributed by atoms with E-state index < -0.39 is 0 Å². The minimum Gasteiger partial charge on any atom is -0.487 e. The van der Waals surface area contributed by atoms with E-state index >= 15 is 0 Å². The van der Waals surface area contributed by atoms with Crippen LogP contribution in [0.2, 0.25) is 0 Å². The second kappa shape index (κ2) is 5.23. The smallest absolute Gasteiger partial charge is 0.128 e. The molecule has 1 aromatic rings. The highest BCUT2D eigenvalue weighted by Crippen LogP contribution is 2.34. The van der Waals surface area contributed by atoms with E-state index in [1.54, 1.807) is 6.07 Å². The molecule has 1 aliphatic rings. The van der Waals surface area contributed by atoms with Crippen molar-refractivity contribution in [1.82, 2.24) is 0 Å². The molecule has 0 saturated heterocycles. The Bertz CT molecular complexity index is 397. The third-order valence-corrected chi connectivity index (χ3v) is 3.39. The van der Waals surface area contributed by atoms with Crippen molar-refractivity contribution in [3.63, 3.8) is 0 Å². The third kappa shape index (κ3) is 2.72. The maximum atomic E-state index is 13.1. The number of ether oxygens (including phenoxy) is 2. The first kappa shape index (κ1) is 12.7. The van der Waals surface area contributed by atoms with E-state index in [4.69, 9.17) is 21.1 Å². The largest absolute Gasteiger partial charge is 0.487 e. The minimum atomic E-state index is -0.291. The molecule has 1 fully saturated rings. The average Bonchev–Trinajstić information content (AvgIpc) is 2.30. The van der Waals surface area contributed by atoms with E-state index in [1.807, 2.05) is 13.8 Å². The summed E-state index contributed by atoms with van der Waals surface area (Å²) in [6.45, 7) is 4.42. The van der Waals surface area contributed by atoms with Crippen molar-refractivity contribution in [2.75, 3.05) is 6.61 Å². The lowest BCUT2D eigenvalue weighted by molar-refractivity contribution is -0.0762. The maximum Gasteiger partial charge on any atom is 0.128 e. The molecule has 0 spiro atoms. The Morgan fingerprint density at radius 1 is 1.47 bits per heavy atom. The lowest BCUT2D eigenvalue weighted by atomic mass is 9.91. The van der Waals surface area contributed by atoms with Gasteiger partial charge in [-0.05, 0) is 25.5 Å².